The second-order valence-electron chi connectivity index (χ2n) is 12.8. The summed E-state index contributed by atoms with van der Waals surface area (Å²) >= 11 is 1.80. The van der Waals surface area contributed by atoms with Gasteiger partial charge in [0.15, 0.2) is 17.5 Å². The van der Waals surface area contributed by atoms with Crippen LogP contribution in [0.15, 0.2) is 160 Å². The molecule has 0 bridgehead atoms. The van der Waals surface area contributed by atoms with Gasteiger partial charge in [0.1, 0.15) is 22.3 Å². The Morgan fingerprint density at radius 1 is 0.353 bits per heavy atom. The number of hydrogen-bond acceptors (Lipinski definition) is 6. The van der Waals surface area contributed by atoms with Crippen molar-refractivity contribution in [2.45, 2.75) is 0 Å². The molecule has 0 saturated heterocycles. The maximum atomic E-state index is 6.53. The van der Waals surface area contributed by atoms with Crippen LogP contribution >= 0.6 is 11.3 Å². The molecule has 0 aliphatic carbocycles. The number of hydrogen-bond donors (Lipinski definition) is 0. The second-order valence-corrected chi connectivity index (χ2v) is 13.9. The van der Waals surface area contributed by atoms with Crippen LogP contribution in [0.5, 0.6) is 0 Å². The topological polar surface area (TPSA) is 65.0 Å². The molecule has 0 N–H and O–H groups in total. The highest BCUT2D eigenvalue weighted by Gasteiger charge is 2.20. The maximum absolute atomic E-state index is 6.53. The van der Waals surface area contributed by atoms with Gasteiger partial charge in [0.05, 0.1) is 0 Å². The number of aromatic nitrogens is 3. The van der Waals surface area contributed by atoms with Crippen LogP contribution in [-0.4, -0.2) is 15.0 Å². The minimum absolute atomic E-state index is 0.581. The third-order valence-electron chi connectivity index (χ3n) is 9.73. The molecule has 0 radical (unpaired) electrons. The summed E-state index contributed by atoms with van der Waals surface area (Å²) in [5, 5.41) is 6.60. The molecule has 0 aliphatic heterocycles. The minimum Gasteiger partial charge on any atom is -0.456 e. The number of para-hydroxylation sites is 2. The van der Waals surface area contributed by atoms with Crippen LogP contribution < -0.4 is 0 Å². The molecule has 0 amide bonds. The van der Waals surface area contributed by atoms with E-state index in [-0.39, 0.29) is 0 Å². The third kappa shape index (κ3) is 4.50. The van der Waals surface area contributed by atoms with Crippen LogP contribution in [0, 0.1) is 0 Å². The van der Waals surface area contributed by atoms with Crippen molar-refractivity contribution in [3.05, 3.63) is 152 Å². The molecular weight excluding hydrogens is 647 g/mol. The fraction of sp³-hybridized carbons (Fsp3) is 0. The number of benzene rings is 7. The van der Waals surface area contributed by atoms with E-state index in [2.05, 4.69) is 84.9 Å². The Kier molecular flexibility index (Phi) is 6.05. The van der Waals surface area contributed by atoms with Crippen molar-refractivity contribution >= 4 is 75.4 Å². The fourth-order valence-corrected chi connectivity index (χ4v) is 8.40. The number of fused-ring (bicyclic) bond motifs is 9. The summed E-state index contributed by atoms with van der Waals surface area (Å²) in [5.41, 5.74) is 8.01. The van der Waals surface area contributed by atoms with Crippen LogP contribution in [0.3, 0.4) is 0 Å². The summed E-state index contributed by atoms with van der Waals surface area (Å²) in [6.07, 6.45) is 0. The van der Waals surface area contributed by atoms with Crippen molar-refractivity contribution in [1.82, 2.24) is 15.0 Å². The Hall–Kier alpha value is -6.63. The molecule has 0 fully saturated rings. The molecular formula is C45H25N3O2S. The first-order valence-corrected chi connectivity index (χ1v) is 17.7. The molecule has 4 heterocycles. The van der Waals surface area contributed by atoms with Gasteiger partial charge in [-0.3, -0.25) is 0 Å². The molecule has 0 spiro atoms. The molecule has 0 saturated carbocycles. The molecule has 4 aromatic heterocycles. The highest BCUT2D eigenvalue weighted by molar-refractivity contribution is 7.25. The van der Waals surface area contributed by atoms with Crippen LogP contribution in [0.25, 0.3) is 109 Å². The van der Waals surface area contributed by atoms with Gasteiger partial charge in [-0.25, -0.2) is 15.0 Å². The van der Waals surface area contributed by atoms with Crippen molar-refractivity contribution in [1.29, 1.82) is 0 Å². The van der Waals surface area contributed by atoms with E-state index in [9.17, 15) is 0 Å². The molecule has 0 unspecified atom stereocenters. The highest BCUT2D eigenvalue weighted by Crippen LogP contribution is 2.42. The largest absolute Gasteiger partial charge is 0.456 e. The predicted octanol–water partition coefficient (Wildman–Crippen LogP) is 12.7. The van der Waals surface area contributed by atoms with E-state index in [0.717, 1.165) is 71.7 Å². The molecule has 51 heavy (non-hydrogen) atoms. The fourth-order valence-electron chi connectivity index (χ4n) is 7.31. The summed E-state index contributed by atoms with van der Waals surface area (Å²) in [5.74, 6) is 1.81. The molecule has 5 nitrogen and oxygen atoms in total. The predicted molar refractivity (Wildman–Crippen MR) is 209 cm³/mol. The van der Waals surface area contributed by atoms with Crippen molar-refractivity contribution in [2.24, 2.45) is 0 Å². The lowest BCUT2D eigenvalue weighted by atomic mass is 9.97. The van der Waals surface area contributed by atoms with E-state index in [1.807, 2.05) is 66.7 Å². The number of rotatable bonds is 4. The molecule has 6 heteroatoms. The van der Waals surface area contributed by atoms with Gasteiger partial charge in [-0.05, 0) is 71.8 Å². The summed E-state index contributed by atoms with van der Waals surface area (Å²) in [7, 11) is 0. The van der Waals surface area contributed by atoms with Crippen molar-refractivity contribution < 1.29 is 8.83 Å². The van der Waals surface area contributed by atoms with Gasteiger partial charge in [0.2, 0.25) is 0 Å². The van der Waals surface area contributed by atoms with Crippen molar-refractivity contribution in [2.75, 3.05) is 0 Å². The van der Waals surface area contributed by atoms with Crippen molar-refractivity contribution in [3.63, 3.8) is 0 Å². The van der Waals surface area contributed by atoms with Gasteiger partial charge in [0.25, 0.3) is 0 Å². The summed E-state index contributed by atoms with van der Waals surface area (Å²) in [6, 6.07) is 52.1. The Balaban J connectivity index is 1.17. The lowest BCUT2D eigenvalue weighted by Gasteiger charge is -2.11. The maximum Gasteiger partial charge on any atom is 0.164 e. The van der Waals surface area contributed by atoms with Crippen LogP contribution in [-0.2, 0) is 0 Å². The Morgan fingerprint density at radius 3 is 1.82 bits per heavy atom. The molecule has 7 aromatic carbocycles. The minimum atomic E-state index is 0.581. The Bertz CT molecular complexity index is 3160. The monoisotopic (exact) mass is 671 g/mol. The lowest BCUT2D eigenvalue weighted by molar-refractivity contribution is 0.668. The third-order valence-corrected chi connectivity index (χ3v) is 10.9. The molecule has 11 rings (SSSR count). The first-order valence-electron chi connectivity index (χ1n) is 16.8. The van der Waals surface area contributed by atoms with E-state index in [1.165, 1.54) is 20.2 Å². The lowest BCUT2D eigenvalue weighted by Crippen LogP contribution is -2.00. The zero-order chi connectivity index (χ0) is 33.5. The zero-order valence-corrected chi connectivity index (χ0v) is 27.8. The summed E-state index contributed by atoms with van der Waals surface area (Å²) < 4.78 is 15.3. The number of nitrogens with zero attached hydrogens (tertiary/aromatic N) is 3. The van der Waals surface area contributed by atoms with E-state index >= 15 is 0 Å². The van der Waals surface area contributed by atoms with E-state index in [4.69, 9.17) is 23.8 Å². The first kappa shape index (κ1) is 28.2. The quantitative estimate of drug-likeness (QED) is 0.186. The van der Waals surface area contributed by atoms with Crippen LogP contribution in [0.1, 0.15) is 0 Å². The first-order chi connectivity index (χ1) is 25.2. The zero-order valence-electron chi connectivity index (χ0n) is 27.0. The smallest absolute Gasteiger partial charge is 0.164 e. The van der Waals surface area contributed by atoms with E-state index in [0.29, 0.717) is 17.5 Å². The molecule has 238 valence electrons. The average Bonchev–Trinajstić information content (AvgIpc) is 3.88. The van der Waals surface area contributed by atoms with Crippen LogP contribution in [0.2, 0.25) is 0 Å². The normalized spacial score (nSPS) is 11.9. The molecule has 0 aliphatic rings. The van der Waals surface area contributed by atoms with Gasteiger partial charge in [0, 0.05) is 58.4 Å². The Labute approximate surface area is 295 Å². The van der Waals surface area contributed by atoms with Gasteiger partial charge < -0.3 is 8.83 Å². The van der Waals surface area contributed by atoms with E-state index < -0.39 is 0 Å². The van der Waals surface area contributed by atoms with Crippen molar-refractivity contribution in [3.8, 4) is 45.3 Å². The highest BCUT2D eigenvalue weighted by atomic mass is 32.1. The van der Waals surface area contributed by atoms with Gasteiger partial charge in [-0.1, -0.05) is 91.0 Å². The van der Waals surface area contributed by atoms with E-state index in [1.54, 1.807) is 11.3 Å². The second kappa shape index (κ2) is 10.9. The Morgan fingerprint density at radius 2 is 0.961 bits per heavy atom. The summed E-state index contributed by atoms with van der Waals surface area (Å²) in [4.78, 5) is 15.5. The SMILES string of the molecule is c1ccc(-c2nc(-c3ccc4sc5ccccc5c4c3)nc(-c3cc(-c4ccc5c(c4)oc4ccccc45)cc4oc5ccccc5c34)n2)cc1. The van der Waals surface area contributed by atoms with Crippen LogP contribution in [0.4, 0.5) is 0 Å². The molecule has 11 aromatic rings. The average molecular weight is 672 g/mol. The number of furan rings is 2. The summed E-state index contributed by atoms with van der Waals surface area (Å²) in [6.45, 7) is 0. The number of thiophene rings is 1. The molecule has 0 atom stereocenters. The van der Waals surface area contributed by atoms with Gasteiger partial charge in [-0.2, -0.15) is 0 Å². The van der Waals surface area contributed by atoms with Gasteiger partial charge >= 0.3 is 0 Å². The standard InChI is InChI=1S/C45H25N3O2S/c1-2-10-26(11-3-1)43-46-44(28-19-21-41-34(22-28)32-13-6-9-17-40(32)51-41)48-45(47-43)35-23-29(25-39-42(35)33-14-5-8-16-37(33)50-39)27-18-20-31-30-12-4-7-15-36(30)49-38(31)24-27/h1-25H. The van der Waals surface area contributed by atoms with Gasteiger partial charge in [-0.15, -0.1) is 11.3 Å².